The normalized spacial score (nSPS) is 21.2. The Labute approximate surface area is 162 Å². The number of hydrogen-bond donors (Lipinski definition) is 1. The zero-order valence-corrected chi connectivity index (χ0v) is 15.6. The van der Waals surface area contributed by atoms with Gasteiger partial charge >= 0.3 is 0 Å². The van der Waals surface area contributed by atoms with E-state index in [9.17, 15) is 19.7 Å². The molecule has 4 rings (SSSR count). The van der Waals surface area contributed by atoms with Gasteiger partial charge in [-0.05, 0) is 49.9 Å². The first-order valence-corrected chi connectivity index (χ1v) is 9.34. The van der Waals surface area contributed by atoms with Crippen LogP contribution in [0.1, 0.15) is 34.3 Å². The van der Waals surface area contributed by atoms with E-state index in [-0.39, 0.29) is 17.5 Å². The summed E-state index contributed by atoms with van der Waals surface area (Å²) in [6, 6.07) is 11.6. The van der Waals surface area contributed by atoms with Crippen molar-refractivity contribution in [2.24, 2.45) is 5.41 Å². The first kappa shape index (κ1) is 18.2. The van der Waals surface area contributed by atoms with Gasteiger partial charge in [0.05, 0.1) is 10.3 Å². The highest BCUT2D eigenvalue weighted by molar-refractivity contribution is 6.07. The number of benzene rings is 2. The molecule has 0 saturated carbocycles. The number of nitrogens with zero attached hydrogens (tertiary/aromatic N) is 2. The molecule has 0 aliphatic carbocycles. The minimum atomic E-state index is -0.485. The molecule has 7 heteroatoms. The number of carbonyl (C=O) groups is 2. The molecule has 0 radical (unpaired) electrons. The first-order chi connectivity index (χ1) is 13.4. The number of nitro groups is 1. The second-order valence-electron chi connectivity index (χ2n) is 7.61. The summed E-state index contributed by atoms with van der Waals surface area (Å²) in [5, 5.41) is 13.8. The van der Waals surface area contributed by atoms with Crippen molar-refractivity contribution < 1.29 is 14.5 Å². The molecule has 2 aliphatic heterocycles. The van der Waals surface area contributed by atoms with Crippen molar-refractivity contribution in [2.45, 2.75) is 26.2 Å². The molecule has 2 amide bonds. The van der Waals surface area contributed by atoms with Crippen LogP contribution in [0.2, 0.25) is 0 Å². The second-order valence-corrected chi connectivity index (χ2v) is 7.61. The number of rotatable bonds is 2. The highest BCUT2D eigenvalue weighted by Crippen LogP contribution is 2.41. The lowest BCUT2D eigenvalue weighted by Gasteiger charge is -2.25. The quantitative estimate of drug-likeness (QED) is 0.641. The summed E-state index contributed by atoms with van der Waals surface area (Å²) < 4.78 is 0. The maximum Gasteiger partial charge on any atom is 0.269 e. The van der Waals surface area contributed by atoms with Crippen molar-refractivity contribution in [1.82, 2.24) is 5.32 Å². The molecule has 1 saturated heterocycles. The number of aryl methyl sites for hydroxylation is 1. The van der Waals surface area contributed by atoms with E-state index in [0.717, 1.165) is 23.2 Å². The molecule has 1 spiro atoms. The molecule has 2 aromatic rings. The summed E-state index contributed by atoms with van der Waals surface area (Å²) in [5.74, 6) is -0.153. The van der Waals surface area contributed by atoms with Gasteiger partial charge in [-0.1, -0.05) is 17.7 Å². The van der Waals surface area contributed by atoms with Gasteiger partial charge in [0.1, 0.15) is 0 Å². The first-order valence-electron chi connectivity index (χ1n) is 9.34. The lowest BCUT2D eigenvalue weighted by atomic mass is 9.78. The average Bonchev–Trinajstić information content (AvgIpc) is 2.94. The average molecular weight is 379 g/mol. The molecule has 2 aromatic carbocycles. The lowest BCUT2D eigenvalue weighted by molar-refractivity contribution is -0.384. The van der Waals surface area contributed by atoms with E-state index in [2.05, 4.69) is 5.32 Å². The number of nitro benzene ring substituents is 1. The topological polar surface area (TPSA) is 92.6 Å². The Morgan fingerprint density at radius 2 is 1.93 bits per heavy atom. The number of anilines is 1. The standard InChI is InChI=1S/C21H21N3O4/c1-14-2-7-18-16(12-14)13-21(8-10-22-20(21)26)9-11-23(18)19(25)15-3-5-17(6-4-15)24(27)28/h2-7,12H,8-11,13H2,1H3,(H,22,26). The van der Waals surface area contributed by atoms with Gasteiger partial charge in [-0.2, -0.15) is 0 Å². The fourth-order valence-electron chi connectivity index (χ4n) is 4.23. The molecule has 144 valence electrons. The number of carbonyl (C=O) groups excluding carboxylic acids is 2. The lowest BCUT2D eigenvalue weighted by Crippen LogP contribution is -2.36. The maximum atomic E-state index is 13.2. The van der Waals surface area contributed by atoms with Gasteiger partial charge in [-0.15, -0.1) is 0 Å². The van der Waals surface area contributed by atoms with E-state index in [4.69, 9.17) is 0 Å². The van der Waals surface area contributed by atoms with Crippen LogP contribution in [0.25, 0.3) is 0 Å². The summed E-state index contributed by atoms with van der Waals surface area (Å²) >= 11 is 0. The third kappa shape index (κ3) is 3.02. The number of hydrogen-bond acceptors (Lipinski definition) is 4. The number of amides is 2. The number of non-ortho nitro benzene ring substituents is 1. The highest BCUT2D eigenvalue weighted by atomic mass is 16.6. The fraction of sp³-hybridized carbons (Fsp3) is 0.333. The van der Waals surface area contributed by atoms with E-state index < -0.39 is 10.3 Å². The van der Waals surface area contributed by atoms with E-state index >= 15 is 0 Å². The van der Waals surface area contributed by atoms with Crippen LogP contribution in [0.3, 0.4) is 0 Å². The Morgan fingerprint density at radius 1 is 1.18 bits per heavy atom. The predicted octanol–water partition coefficient (Wildman–Crippen LogP) is 3.00. The molecule has 2 aliphatic rings. The Kier molecular flexibility index (Phi) is 4.37. The molecule has 1 atom stereocenters. The Morgan fingerprint density at radius 3 is 2.57 bits per heavy atom. The van der Waals surface area contributed by atoms with Gasteiger partial charge in [-0.25, -0.2) is 0 Å². The molecule has 1 fully saturated rings. The van der Waals surface area contributed by atoms with Crippen LogP contribution in [0.5, 0.6) is 0 Å². The summed E-state index contributed by atoms with van der Waals surface area (Å²) in [5.41, 5.74) is 2.74. The third-order valence-electron chi connectivity index (χ3n) is 5.81. The zero-order valence-electron chi connectivity index (χ0n) is 15.6. The number of nitrogens with one attached hydrogen (secondary N) is 1. The SMILES string of the molecule is Cc1ccc2c(c1)CC1(CCNC1=O)CCN2C(=O)c1ccc([N+](=O)[O-])cc1. The van der Waals surface area contributed by atoms with E-state index in [1.807, 2.05) is 25.1 Å². The van der Waals surface area contributed by atoms with Crippen molar-refractivity contribution in [3.05, 3.63) is 69.3 Å². The summed E-state index contributed by atoms with van der Waals surface area (Å²) in [4.78, 5) is 37.9. The minimum absolute atomic E-state index is 0.0509. The maximum absolute atomic E-state index is 13.2. The Balaban J connectivity index is 1.72. The van der Waals surface area contributed by atoms with Crippen molar-refractivity contribution >= 4 is 23.2 Å². The second kappa shape index (κ2) is 6.74. The van der Waals surface area contributed by atoms with E-state index in [1.165, 1.54) is 24.3 Å². The van der Waals surface area contributed by atoms with Crippen molar-refractivity contribution in [3.63, 3.8) is 0 Å². The monoisotopic (exact) mass is 379 g/mol. The Bertz CT molecular complexity index is 970. The molecule has 7 nitrogen and oxygen atoms in total. The summed E-state index contributed by atoms with van der Waals surface area (Å²) in [6.45, 7) is 3.09. The number of fused-ring (bicyclic) bond motifs is 1. The highest BCUT2D eigenvalue weighted by Gasteiger charge is 2.45. The molecule has 2 heterocycles. The van der Waals surface area contributed by atoms with E-state index in [1.54, 1.807) is 4.90 Å². The Hall–Kier alpha value is -3.22. The molecular formula is C21H21N3O4. The van der Waals surface area contributed by atoms with E-state index in [0.29, 0.717) is 31.5 Å². The predicted molar refractivity (Wildman–Crippen MR) is 104 cm³/mol. The van der Waals surface area contributed by atoms with Crippen LogP contribution in [-0.2, 0) is 11.2 Å². The molecule has 0 bridgehead atoms. The summed E-state index contributed by atoms with van der Waals surface area (Å²) in [6.07, 6.45) is 1.96. The molecule has 28 heavy (non-hydrogen) atoms. The molecule has 1 unspecified atom stereocenters. The van der Waals surface area contributed by atoms with Crippen molar-refractivity contribution in [2.75, 3.05) is 18.0 Å². The van der Waals surface area contributed by atoms with Gasteiger partial charge < -0.3 is 10.2 Å². The van der Waals surface area contributed by atoms with Crippen LogP contribution in [0, 0.1) is 22.5 Å². The zero-order chi connectivity index (χ0) is 19.9. The van der Waals surface area contributed by atoms with Crippen LogP contribution in [0.15, 0.2) is 42.5 Å². The molecule has 1 N–H and O–H groups in total. The fourth-order valence-corrected chi connectivity index (χ4v) is 4.23. The van der Waals surface area contributed by atoms with Gasteiger partial charge in [0.25, 0.3) is 11.6 Å². The van der Waals surface area contributed by atoms with Crippen LogP contribution >= 0.6 is 0 Å². The molecular weight excluding hydrogens is 358 g/mol. The smallest absolute Gasteiger partial charge is 0.269 e. The van der Waals surface area contributed by atoms with Crippen molar-refractivity contribution in [3.8, 4) is 0 Å². The van der Waals surface area contributed by atoms with Gasteiger partial charge in [0.2, 0.25) is 5.91 Å². The van der Waals surface area contributed by atoms with Gasteiger partial charge in [0, 0.05) is 36.5 Å². The van der Waals surface area contributed by atoms with Crippen LogP contribution < -0.4 is 10.2 Å². The van der Waals surface area contributed by atoms with Gasteiger partial charge in [0.15, 0.2) is 0 Å². The minimum Gasteiger partial charge on any atom is -0.356 e. The van der Waals surface area contributed by atoms with Gasteiger partial charge in [-0.3, -0.25) is 19.7 Å². The van der Waals surface area contributed by atoms with Crippen molar-refractivity contribution in [1.29, 1.82) is 0 Å². The van der Waals surface area contributed by atoms with Crippen LogP contribution in [-0.4, -0.2) is 29.8 Å². The van der Waals surface area contributed by atoms with Crippen LogP contribution in [0.4, 0.5) is 11.4 Å². The largest absolute Gasteiger partial charge is 0.356 e. The molecule has 0 aromatic heterocycles. The third-order valence-corrected chi connectivity index (χ3v) is 5.81. The summed E-state index contributed by atoms with van der Waals surface area (Å²) in [7, 11) is 0.